The van der Waals surface area contributed by atoms with Crippen molar-refractivity contribution in [3.63, 3.8) is 0 Å². The SMILES string of the molecule is CCN(CC)S(=O)(=O)c1ccc(C(=O)Nc2ccc3c(c2)N(C)C(=O)C(C)O3)cc1. The van der Waals surface area contributed by atoms with E-state index >= 15 is 0 Å². The van der Waals surface area contributed by atoms with Crippen LogP contribution in [0, 0.1) is 0 Å². The van der Waals surface area contributed by atoms with E-state index in [4.69, 9.17) is 4.74 Å². The Balaban J connectivity index is 1.78. The Morgan fingerprint density at radius 1 is 1.13 bits per heavy atom. The van der Waals surface area contributed by atoms with E-state index in [2.05, 4.69) is 5.32 Å². The number of rotatable bonds is 6. The molecule has 0 aromatic heterocycles. The first-order chi connectivity index (χ1) is 14.2. The molecule has 160 valence electrons. The minimum atomic E-state index is -3.58. The van der Waals surface area contributed by atoms with E-state index in [1.54, 1.807) is 46.0 Å². The number of carbonyl (C=O) groups is 2. The van der Waals surface area contributed by atoms with Gasteiger partial charge in [0.05, 0.1) is 10.6 Å². The van der Waals surface area contributed by atoms with Gasteiger partial charge in [-0.05, 0) is 49.4 Å². The lowest BCUT2D eigenvalue weighted by Gasteiger charge is -2.30. The molecule has 1 heterocycles. The van der Waals surface area contributed by atoms with E-state index in [1.165, 1.54) is 33.5 Å². The molecule has 2 aromatic rings. The number of ether oxygens (including phenoxy) is 1. The molecule has 0 radical (unpaired) electrons. The third-order valence-electron chi connectivity index (χ3n) is 5.02. The van der Waals surface area contributed by atoms with Crippen molar-refractivity contribution in [1.82, 2.24) is 4.31 Å². The number of nitrogens with one attached hydrogen (secondary N) is 1. The smallest absolute Gasteiger partial charge is 0.267 e. The fraction of sp³-hybridized carbons (Fsp3) is 0.333. The first-order valence-electron chi connectivity index (χ1n) is 9.68. The maximum Gasteiger partial charge on any atom is 0.267 e. The maximum atomic E-state index is 12.6. The number of benzene rings is 2. The van der Waals surface area contributed by atoms with Gasteiger partial charge in [-0.3, -0.25) is 9.59 Å². The number of amides is 2. The average molecular weight is 432 g/mol. The molecule has 2 aromatic carbocycles. The monoisotopic (exact) mass is 431 g/mol. The van der Waals surface area contributed by atoms with Crippen LogP contribution >= 0.6 is 0 Å². The summed E-state index contributed by atoms with van der Waals surface area (Å²) in [5.74, 6) is 0.00495. The van der Waals surface area contributed by atoms with Crippen molar-refractivity contribution in [3.05, 3.63) is 48.0 Å². The molecular formula is C21H25N3O5S. The van der Waals surface area contributed by atoms with Crippen LogP contribution in [-0.2, 0) is 14.8 Å². The van der Waals surface area contributed by atoms with Crippen molar-refractivity contribution >= 4 is 33.2 Å². The normalized spacial score (nSPS) is 16.2. The summed E-state index contributed by atoms with van der Waals surface area (Å²) >= 11 is 0. The molecule has 1 aliphatic heterocycles. The van der Waals surface area contributed by atoms with Gasteiger partial charge in [-0.15, -0.1) is 0 Å². The molecule has 1 unspecified atom stereocenters. The molecule has 3 rings (SSSR count). The Bertz CT molecular complexity index is 1060. The largest absolute Gasteiger partial charge is 0.479 e. The van der Waals surface area contributed by atoms with E-state index in [9.17, 15) is 18.0 Å². The van der Waals surface area contributed by atoms with Gasteiger partial charge in [-0.25, -0.2) is 8.42 Å². The zero-order valence-electron chi connectivity index (χ0n) is 17.4. The van der Waals surface area contributed by atoms with Crippen LogP contribution in [0.5, 0.6) is 5.75 Å². The van der Waals surface area contributed by atoms with Crippen molar-refractivity contribution in [1.29, 1.82) is 0 Å². The van der Waals surface area contributed by atoms with Crippen molar-refractivity contribution in [2.75, 3.05) is 30.4 Å². The first-order valence-corrected chi connectivity index (χ1v) is 11.1. The highest BCUT2D eigenvalue weighted by atomic mass is 32.2. The van der Waals surface area contributed by atoms with Crippen molar-refractivity contribution in [2.45, 2.75) is 31.8 Å². The topological polar surface area (TPSA) is 96.0 Å². The number of fused-ring (bicyclic) bond motifs is 1. The Hall–Kier alpha value is -2.91. The lowest BCUT2D eigenvalue weighted by molar-refractivity contribution is -0.125. The minimum Gasteiger partial charge on any atom is -0.479 e. The summed E-state index contributed by atoms with van der Waals surface area (Å²) in [6.45, 7) is 5.98. The van der Waals surface area contributed by atoms with Crippen molar-refractivity contribution in [2.24, 2.45) is 0 Å². The number of nitrogens with zero attached hydrogens (tertiary/aromatic N) is 2. The molecule has 0 saturated carbocycles. The van der Waals surface area contributed by atoms with E-state index in [1.807, 2.05) is 0 Å². The Morgan fingerprint density at radius 2 is 1.77 bits per heavy atom. The second-order valence-electron chi connectivity index (χ2n) is 6.91. The van der Waals surface area contributed by atoms with Crippen LogP contribution in [0.2, 0.25) is 0 Å². The van der Waals surface area contributed by atoms with E-state index < -0.39 is 16.1 Å². The standard InChI is InChI=1S/C21H25N3O5S/c1-5-24(6-2)30(27,28)17-10-7-15(8-11-17)20(25)22-16-9-12-19-18(13-16)23(4)21(26)14(3)29-19/h7-14H,5-6H2,1-4H3,(H,22,25). The van der Waals surface area contributed by atoms with Crippen LogP contribution in [-0.4, -0.2) is 50.8 Å². The Labute approximate surface area is 176 Å². The molecule has 8 nitrogen and oxygen atoms in total. The predicted octanol–water partition coefficient (Wildman–Crippen LogP) is 2.71. The lowest BCUT2D eigenvalue weighted by Crippen LogP contribution is -2.41. The summed E-state index contributed by atoms with van der Waals surface area (Å²) < 4.78 is 32.1. The molecule has 0 saturated heterocycles. The summed E-state index contributed by atoms with van der Waals surface area (Å²) in [7, 11) is -1.92. The van der Waals surface area contributed by atoms with Gasteiger partial charge < -0.3 is 15.0 Å². The number of anilines is 2. The molecule has 0 bridgehead atoms. The van der Waals surface area contributed by atoms with Crippen LogP contribution in [0.25, 0.3) is 0 Å². The van der Waals surface area contributed by atoms with Crippen LogP contribution in [0.3, 0.4) is 0 Å². The van der Waals surface area contributed by atoms with Crippen molar-refractivity contribution < 1.29 is 22.7 Å². The Kier molecular flexibility index (Phi) is 6.14. The Morgan fingerprint density at radius 3 is 2.37 bits per heavy atom. The van der Waals surface area contributed by atoms with E-state index in [0.717, 1.165) is 0 Å². The number of hydrogen-bond donors (Lipinski definition) is 1. The fourth-order valence-electron chi connectivity index (χ4n) is 3.28. The van der Waals surface area contributed by atoms with E-state index in [-0.39, 0.29) is 16.7 Å². The molecule has 2 amide bonds. The van der Waals surface area contributed by atoms with Gasteiger partial charge in [0.25, 0.3) is 11.8 Å². The minimum absolute atomic E-state index is 0.142. The van der Waals surface area contributed by atoms with Gasteiger partial charge in [-0.2, -0.15) is 4.31 Å². The third-order valence-corrected chi connectivity index (χ3v) is 7.08. The zero-order chi connectivity index (χ0) is 22.1. The average Bonchev–Trinajstić information content (AvgIpc) is 2.73. The van der Waals surface area contributed by atoms with Gasteiger partial charge in [-0.1, -0.05) is 13.8 Å². The molecule has 1 atom stereocenters. The number of hydrogen-bond acceptors (Lipinski definition) is 5. The van der Waals surface area contributed by atoms with Gasteiger partial charge in [0, 0.05) is 31.4 Å². The quantitative estimate of drug-likeness (QED) is 0.759. The van der Waals surface area contributed by atoms with Crippen LogP contribution in [0.4, 0.5) is 11.4 Å². The highest BCUT2D eigenvalue weighted by molar-refractivity contribution is 7.89. The molecule has 1 N–H and O–H groups in total. The van der Waals surface area contributed by atoms with Crippen molar-refractivity contribution in [3.8, 4) is 5.75 Å². The lowest BCUT2D eigenvalue weighted by atomic mass is 10.1. The highest BCUT2D eigenvalue weighted by Crippen LogP contribution is 2.35. The summed E-state index contributed by atoms with van der Waals surface area (Å²) in [4.78, 5) is 26.3. The summed E-state index contributed by atoms with van der Waals surface area (Å²) in [5, 5.41) is 2.77. The number of likely N-dealkylation sites (N-methyl/N-ethyl adjacent to an activating group) is 1. The fourth-order valence-corrected chi connectivity index (χ4v) is 4.74. The number of sulfonamides is 1. The molecule has 30 heavy (non-hydrogen) atoms. The second-order valence-corrected chi connectivity index (χ2v) is 8.85. The molecule has 0 spiro atoms. The van der Waals surface area contributed by atoms with Crippen LogP contribution in [0.1, 0.15) is 31.1 Å². The molecule has 1 aliphatic rings. The molecule has 9 heteroatoms. The molecular weight excluding hydrogens is 406 g/mol. The van der Waals surface area contributed by atoms with Crippen LogP contribution < -0.4 is 15.0 Å². The predicted molar refractivity (Wildman–Crippen MR) is 114 cm³/mol. The zero-order valence-corrected chi connectivity index (χ0v) is 18.2. The first kappa shape index (κ1) is 21.8. The number of carbonyl (C=O) groups excluding carboxylic acids is 2. The van der Waals surface area contributed by atoms with Gasteiger partial charge in [0.15, 0.2) is 6.10 Å². The summed E-state index contributed by atoms with van der Waals surface area (Å²) in [6.07, 6.45) is -0.561. The van der Waals surface area contributed by atoms with Gasteiger partial charge in [0.1, 0.15) is 5.75 Å². The molecule has 0 fully saturated rings. The van der Waals surface area contributed by atoms with Crippen LogP contribution in [0.15, 0.2) is 47.4 Å². The second kappa shape index (κ2) is 8.45. The maximum absolute atomic E-state index is 12.6. The van der Waals surface area contributed by atoms with E-state index in [0.29, 0.717) is 35.8 Å². The summed E-state index contributed by atoms with van der Waals surface area (Å²) in [6, 6.07) is 10.9. The molecule has 0 aliphatic carbocycles. The van der Waals surface area contributed by atoms with Gasteiger partial charge >= 0.3 is 0 Å². The highest BCUT2D eigenvalue weighted by Gasteiger charge is 2.29. The third kappa shape index (κ3) is 4.03. The van der Waals surface area contributed by atoms with Gasteiger partial charge in [0.2, 0.25) is 10.0 Å². The summed E-state index contributed by atoms with van der Waals surface area (Å²) in [5.41, 5.74) is 1.38.